The lowest BCUT2D eigenvalue weighted by Crippen LogP contribution is -2.26. The number of nitrogens with one attached hydrogen (secondary N) is 2. The number of rotatable bonds is 8. The molecule has 0 radical (unpaired) electrons. The molecule has 5 rings (SSSR count). The number of carbonyl (C=O) groups excluding carboxylic acids is 3. The lowest BCUT2D eigenvalue weighted by molar-refractivity contribution is 0.0594. The lowest BCUT2D eigenvalue weighted by Gasteiger charge is -2.20. The van der Waals surface area contributed by atoms with Gasteiger partial charge >= 0.3 is 5.97 Å². The molecule has 0 aliphatic carbocycles. The Bertz CT molecular complexity index is 1740. The third-order valence-electron chi connectivity index (χ3n) is 7.59. The molecular weight excluding hydrogens is 600 g/mol. The van der Waals surface area contributed by atoms with Gasteiger partial charge in [-0.1, -0.05) is 32.9 Å². The molecule has 242 valence electrons. The van der Waals surface area contributed by atoms with Gasteiger partial charge in [0.05, 0.1) is 7.11 Å². The van der Waals surface area contributed by atoms with E-state index in [4.69, 9.17) is 15.2 Å². The quantitative estimate of drug-likeness (QED) is 0.175. The summed E-state index contributed by atoms with van der Waals surface area (Å²) >= 11 is 1.59. The molecule has 9 nitrogen and oxygen atoms in total. The summed E-state index contributed by atoms with van der Waals surface area (Å²) in [6.45, 7) is 12.7. The van der Waals surface area contributed by atoms with E-state index in [-0.39, 0.29) is 23.4 Å². The molecular formula is C36H42N4O5S. The second-order valence-corrected chi connectivity index (χ2v) is 11.8. The fourth-order valence-corrected chi connectivity index (χ4v) is 6.46. The average Bonchev–Trinajstić information content (AvgIpc) is 3.47. The van der Waals surface area contributed by atoms with Crippen molar-refractivity contribution in [1.29, 1.82) is 0 Å². The molecule has 2 amide bonds. The highest BCUT2D eigenvalue weighted by atomic mass is 32.1. The van der Waals surface area contributed by atoms with E-state index >= 15 is 0 Å². The van der Waals surface area contributed by atoms with Crippen molar-refractivity contribution < 1.29 is 23.9 Å². The summed E-state index contributed by atoms with van der Waals surface area (Å²) in [6.07, 6.45) is 1.35. The molecule has 0 bridgehead atoms. The van der Waals surface area contributed by atoms with Crippen molar-refractivity contribution in [3.05, 3.63) is 87.0 Å². The summed E-state index contributed by atoms with van der Waals surface area (Å²) in [4.78, 5) is 45.5. The van der Waals surface area contributed by atoms with E-state index < -0.39 is 11.9 Å². The lowest BCUT2D eigenvalue weighted by atomic mass is 9.93. The molecule has 4 aromatic rings. The number of aromatic nitrogens is 1. The zero-order chi connectivity index (χ0) is 33.5. The highest BCUT2D eigenvalue weighted by molar-refractivity contribution is 7.13. The van der Waals surface area contributed by atoms with Gasteiger partial charge in [0, 0.05) is 52.3 Å². The molecule has 2 aromatic heterocycles. The van der Waals surface area contributed by atoms with Gasteiger partial charge in [0.15, 0.2) is 5.69 Å². The van der Waals surface area contributed by atoms with E-state index in [0.29, 0.717) is 47.6 Å². The minimum atomic E-state index is -0.731. The van der Waals surface area contributed by atoms with Gasteiger partial charge in [-0.15, -0.1) is 11.3 Å². The van der Waals surface area contributed by atoms with Crippen LogP contribution < -0.4 is 21.1 Å². The minimum absolute atomic E-state index is 0.0719. The molecule has 0 spiro atoms. The summed E-state index contributed by atoms with van der Waals surface area (Å²) in [5.41, 5.74) is 12.3. The first-order chi connectivity index (χ1) is 22.1. The van der Waals surface area contributed by atoms with Crippen LogP contribution >= 0.6 is 11.3 Å². The number of aryl methyl sites for hydroxylation is 2. The minimum Gasteiger partial charge on any atom is -0.490 e. The Morgan fingerprint density at radius 3 is 2.39 bits per heavy atom. The van der Waals surface area contributed by atoms with Crippen LogP contribution in [0.5, 0.6) is 5.75 Å². The molecule has 0 saturated heterocycles. The zero-order valence-corrected chi connectivity index (χ0v) is 28.3. The third kappa shape index (κ3) is 7.13. The highest BCUT2D eigenvalue weighted by Gasteiger charge is 2.28. The molecule has 1 aliphatic heterocycles. The molecule has 2 aromatic carbocycles. The van der Waals surface area contributed by atoms with Crippen LogP contribution in [-0.2, 0) is 17.7 Å². The van der Waals surface area contributed by atoms with E-state index in [9.17, 15) is 14.4 Å². The Hall–Kier alpha value is -4.54. The summed E-state index contributed by atoms with van der Waals surface area (Å²) in [5.74, 6) is -0.918. The van der Waals surface area contributed by atoms with Gasteiger partial charge in [-0.3, -0.25) is 9.59 Å². The van der Waals surface area contributed by atoms with Crippen LogP contribution in [0.3, 0.4) is 0 Å². The van der Waals surface area contributed by atoms with Crippen LogP contribution in [0.25, 0.3) is 21.6 Å². The topological polar surface area (TPSA) is 133 Å². The Kier molecular flexibility index (Phi) is 11.3. The van der Waals surface area contributed by atoms with Crippen molar-refractivity contribution in [2.45, 2.75) is 67.0 Å². The van der Waals surface area contributed by atoms with Crippen molar-refractivity contribution in [2.24, 2.45) is 5.73 Å². The summed E-state index contributed by atoms with van der Waals surface area (Å²) < 4.78 is 11.4. The third-order valence-corrected chi connectivity index (χ3v) is 8.58. The number of esters is 1. The van der Waals surface area contributed by atoms with Crippen LogP contribution in [0.2, 0.25) is 0 Å². The normalized spacial score (nSPS) is 13.2. The molecule has 1 atom stereocenters. The van der Waals surface area contributed by atoms with Gasteiger partial charge < -0.3 is 25.8 Å². The summed E-state index contributed by atoms with van der Waals surface area (Å²) in [5, 5.41) is 7.92. The first-order valence-corrected chi connectivity index (χ1v) is 16.4. The number of anilines is 1. The molecule has 46 heavy (non-hydrogen) atoms. The maximum atomic E-state index is 14.2. The fourth-order valence-electron chi connectivity index (χ4n) is 5.50. The number of methoxy groups -OCH3 is 1. The van der Waals surface area contributed by atoms with E-state index in [0.717, 1.165) is 39.1 Å². The molecule has 0 saturated carbocycles. The van der Waals surface area contributed by atoms with Gasteiger partial charge in [0.25, 0.3) is 11.8 Å². The monoisotopic (exact) mass is 642 g/mol. The van der Waals surface area contributed by atoms with Crippen molar-refractivity contribution in [3.8, 4) is 27.3 Å². The van der Waals surface area contributed by atoms with Crippen LogP contribution in [0, 0.1) is 13.8 Å². The van der Waals surface area contributed by atoms with Gasteiger partial charge in [-0.05, 0) is 85.2 Å². The van der Waals surface area contributed by atoms with Crippen molar-refractivity contribution in [1.82, 2.24) is 10.3 Å². The molecule has 3 heterocycles. The molecule has 1 unspecified atom stereocenters. The predicted molar refractivity (Wildman–Crippen MR) is 184 cm³/mol. The summed E-state index contributed by atoms with van der Waals surface area (Å²) in [7, 11) is 1.25. The first kappa shape index (κ1) is 34.3. The second kappa shape index (κ2) is 15.2. The number of thiophene rings is 1. The number of nitrogens with two attached hydrogens (primary N) is 1. The first-order valence-electron chi connectivity index (χ1n) is 15.6. The molecule has 0 fully saturated rings. The van der Waals surface area contributed by atoms with Crippen LogP contribution in [0.1, 0.15) is 87.7 Å². The number of hydrogen-bond acceptors (Lipinski definition) is 8. The van der Waals surface area contributed by atoms with Crippen LogP contribution in [-0.4, -0.2) is 42.5 Å². The number of pyridine rings is 1. The zero-order valence-electron chi connectivity index (χ0n) is 27.5. The number of nitrogens with zero attached hydrogens (tertiary/aromatic N) is 1. The standard InChI is InChI=1S/C34H36N4O5S.C2H6/c1-6-10-36-33(40)27-8-7-23(30(37-27)34(41)42-5)24-16-28-26(31-22(9-11-44-31)14-20(4)43-28)15-25(24)32(39)38-29-18(2)12-21(17-35)13-19(29)3;1-2/h7-9,11-13,15-16,20H,6,10,14,17,35H2,1-5H3,(H,36,40)(H,38,39);1-2H3. The molecule has 1 aliphatic rings. The predicted octanol–water partition coefficient (Wildman–Crippen LogP) is 7.08. The van der Waals surface area contributed by atoms with Gasteiger partial charge in [0.1, 0.15) is 17.5 Å². The van der Waals surface area contributed by atoms with E-state index in [1.807, 2.05) is 65.1 Å². The second-order valence-electron chi connectivity index (χ2n) is 10.9. The largest absolute Gasteiger partial charge is 0.490 e. The van der Waals surface area contributed by atoms with Crippen molar-refractivity contribution in [3.63, 3.8) is 0 Å². The number of benzene rings is 2. The number of fused-ring (bicyclic) bond motifs is 3. The van der Waals surface area contributed by atoms with E-state index in [2.05, 4.69) is 21.7 Å². The maximum absolute atomic E-state index is 14.2. The Morgan fingerprint density at radius 2 is 1.74 bits per heavy atom. The number of amides is 2. The fraction of sp³-hybridized carbons (Fsp3) is 0.333. The highest BCUT2D eigenvalue weighted by Crippen LogP contribution is 2.44. The van der Waals surface area contributed by atoms with E-state index in [1.54, 1.807) is 29.5 Å². The SMILES string of the molecule is CC.CCCNC(=O)c1ccc(-c2cc3c(cc2C(=O)Nc2c(C)cc(CN)cc2C)-c2sccc2CC(C)O3)c(C(=O)OC)n1. The number of hydrogen-bond donors (Lipinski definition) is 3. The molecule has 4 N–H and O–H groups in total. The average molecular weight is 643 g/mol. The number of ether oxygens (including phenoxy) is 2. The van der Waals surface area contributed by atoms with E-state index in [1.165, 1.54) is 7.11 Å². The van der Waals surface area contributed by atoms with Crippen molar-refractivity contribution in [2.75, 3.05) is 19.0 Å². The van der Waals surface area contributed by atoms with Crippen LogP contribution in [0.4, 0.5) is 5.69 Å². The van der Waals surface area contributed by atoms with Crippen molar-refractivity contribution >= 4 is 34.8 Å². The smallest absolute Gasteiger partial charge is 0.357 e. The maximum Gasteiger partial charge on any atom is 0.357 e. The van der Waals surface area contributed by atoms with Crippen LogP contribution in [0.15, 0.2) is 47.8 Å². The Morgan fingerprint density at radius 1 is 1.02 bits per heavy atom. The number of carbonyl (C=O) groups is 3. The van der Waals surface area contributed by atoms with Gasteiger partial charge in [-0.25, -0.2) is 9.78 Å². The molecule has 10 heteroatoms. The van der Waals surface area contributed by atoms with Gasteiger partial charge in [0.2, 0.25) is 0 Å². The Balaban J connectivity index is 0.00000235. The summed E-state index contributed by atoms with van der Waals surface area (Å²) in [6, 6.07) is 12.8. The van der Waals surface area contributed by atoms with Gasteiger partial charge in [-0.2, -0.15) is 0 Å². The Labute approximate surface area is 274 Å².